The van der Waals surface area contributed by atoms with Crippen molar-refractivity contribution in [1.29, 1.82) is 0 Å². The minimum Gasteiger partial charge on any atom is -0.496 e. The van der Waals surface area contributed by atoms with E-state index < -0.39 is 0 Å². The first kappa shape index (κ1) is 15.5. The molecule has 3 nitrogen and oxygen atoms in total. The van der Waals surface area contributed by atoms with Crippen molar-refractivity contribution < 1.29 is 9.53 Å². The Kier molecular flexibility index (Phi) is 4.86. The second-order valence-corrected chi connectivity index (χ2v) is 7.11. The van der Waals surface area contributed by atoms with Crippen molar-refractivity contribution in [1.82, 2.24) is 4.90 Å². The molecule has 1 fully saturated rings. The van der Waals surface area contributed by atoms with Crippen LogP contribution in [0.4, 0.5) is 0 Å². The summed E-state index contributed by atoms with van der Waals surface area (Å²) in [6.45, 7) is 7.06. The average Bonchev–Trinajstić information content (AvgIpc) is 2.37. The van der Waals surface area contributed by atoms with E-state index in [1.807, 2.05) is 18.2 Å². The summed E-state index contributed by atoms with van der Waals surface area (Å²) >= 11 is 3.43. The Bertz CT molecular complexity index is 499. The molecule has 1 heterocycles. The number of carbonyl (C=O) groups excluding carboxylic acids is 1. The Labute approximate surface area is 129 Å². The molecule has 1 aromatic carbocycles. The highest BCUT2D eigenvalue weighted by Crippen LogP contribution is 2.29. The molecule has 110 valence electrons. The molecule has 1 aliphatic heterocycles. The second-order valence-electron chi connectivity index (χ2n) is 6.25. The molecule has 2 rings (SSSR count). The minimum atomic E-state index is 0.172. The number of Topliss-reactive ketones (excluding diaryl/α,β-unsaturated/α-hetero) is 1. The Morgan fingerprint density at radius 3 is 2.80 bits per heavy atom. The van der Waals surface area contributed by atoms with E-state index in [2.05, 4.69) is 34.7 Å². The molecule has 1 saturated heterocycles. The van der Waals surface area contributed by atoms with Gasteiger partial charge in [-0.3, -0.25) is 9.69 Å². The molecule has 0 aliphatic carbocycles. The Morgan fingerprint density at radius 2 is 2.20 bits per heavy atom. The van der Waals surface area contributed by atoms with E-state index in [4.69, 9.17) is 4.74 Å². The van der Waals surface area contributed by atoms with Crippen molar-refractivity contribution >= 4 is 21.7 Å². The van der Waals surface area contributed by atoms with Crippen molar-refractivity contribution in [3.8, 4) is 5.75 Å². The maximum absolute atomic E-state index is 12.4. The van der Waals surface area contributed by atoms with Gasteiger partial charge in [0, 0.05) is 12.1 Å². The first-order valence-corrected chi connectivity index (χ1v) is 7.80. The third-order valence-corrected chi connectivity index (χ3v) is 4.44. The highest BCUT2D eigenvalue weighted by molar-refractivity contribution is 9.10. The largest absolute Gasteiger partial charge is 0.496 e. The van der Waals surface area contributed by atoms with Crippen molar-refractivity contribution in [2.75, 3.05) is 26.7 Å². The summed E-state index contributed by atoms with van der Waals surface area (Å²) < 4.78 is 6.01. The maximum atomic E-state index is 12.4. The van der Waals surface area contributed by atoms with Crippen molar-refractivity contribution in [2.45, 2.75) is 26.7 Å². The molecule has 1 aliphatic rings. The predicted molar refractivity (Wildman–Crippen MR) is 84.5 cm³/mol. The van der Waals surface area contributed by atoms with Gasteiger partial charge in [0.2, 0.25) is 0 Å². The molecule has 4 heteroatoms. The Balaban J connectivity index is 2.03. The van der Waals surface area contributed by atoms with Crippen LogP contribution in [-0.4, -0.2) is 37.4 Å². The van der Waals surface area contributed by atoms with E-state index in [0.717, 1.165) is 28.9 Å². The molecule has 0 aromatic heterocycles. The van der Waals surface area contributed by atoms with Crippen LogP contribution in [0.15, 0.2) is 22.7 Å². The van der Waals surface area contributed by atoms with Gasteiger partial charge in [0.05, 0.1) is 18.1 Å². The topological polar surface area (TPSA) is 29.5 Å². The van der Waals surface area contributed by atoms with Gasteiger partial charge in [-0.25, -0.2) is 0 Å². The summed E-state index contributed by atoms with van der Waals surface area (Å²) in [5.41, 5.74) is 1.06. The van der Waals surface area contributed by atoms with Gasteiger partial charge in [0.1, 0.15) is 5.75 Å². The third kappa shape index (κ3) is 3.83. The first-order valence-electron chi connectivity index (χ1n) is 7.00. The number of rotatable bonds is 4. The molecule has 0 N–H and O–H groups in total. The number of halogens is 1. The number of methoxy groups -OCH3 is 1. The van der Waals surface area contributed by atoms with E-state index >= 15 is 0 Å². The zero-order chi connectivity index (χ0) is 14.8. The highest BCUT2D eigenvalue weighted by atomic mass is 79.9. The number of benzene rings is 1. The van der Waals surface area contributed by atoms with Crippen LogP contribution in [0, 0.1) is 5.41 Å². The summed E-state index contributed by atoms with van der Waals surface area (Å²) in [5.74, 6) is 0.923. The van der Waals surface area contributed by atoms with Gasteiger partial charge in [-0.2, -0.15) is 0 Å². The molecule has 0 radical (unpaired) electrons. The quantitative estimate of drug-likeness (QED) is 0.782. The third-order valence-electron chi connectivity index (χ3n) is 3.82. The number of nitrogens with zero attached hydrogens (tertiary/aromatic N) is 1. The van der Waals surface area contributed by atoms with Gasteiger partial charge in [0.25, 0.3) is 0 Å². The van der Waals surface area contributed by atoms with Crippen LogP contribution in [-0.2, 0) is 0 Å². The molecular weight excluding hydrogens is 318 g/mol. The van der Waals surface area contributed by atoms with Gasteiger partial charge >= 0.3 is 0 Å². The number of hydrogen-bond donors (Lipinski definition) is 0. The average molecular weight is 340 g/mol. The fraction of sp³-hybridized carbons (Fsp3) is 0.562. The van der Waals surface area contributed by atoms with Crippen LogP contribution in [0.5, 0.6) is 5.75 Å². The first-order chi connectivity index (χ1) is 9.41. The Hall–Kier alpha value is -0.870. The number of carbonyl (C=O) groups is 1. The Morgan fingerprint density at radius 1 is 1.45 bits per heavy atom. The van der Waals surface area contributed by atoms with Crippen LogP contribution >= 0.6 is 15.9 Å². The molecule has 0 saturated carbocycles. The van der Waals surface area contributed by atoms with E-state index in [1.165, 1.54) is 12.8 Å². The summed E-state index contributed by atoms with van der Waals surface area (Å²) in [4.78, 5) is 14.6. The van der Waals surface area contributed by atoms with Crippen LogP contribution < -0.4 is 4.74 Å². The molecule has 0 bridgehead atoms. The van der Waals surface area contributed by atoms with Crippen molar-refractivity contribution in [2.24, 2.45) is 5.41 Å². The van der Waals surface area contributed by atoms with Crippen LogP contribution in [0.3, 0.4) is 0 Å². The maximum Gasteiger partial charge on any atom is 0.176 e. The molecule has 0 spiro atoms. The van der Waals surface area contributed by atoms with Gasteiger partial charge < -0.3 is 4.74 Å². The monoisotopic (exact) mass is 339 g/mol. The lowest BCUT2D eigenvalue weighted by Crippen LogP contribution is -2.42. The molecule has 0 atom stereocenters. The fourth-order valence-corrected chi connectivity index (χ4v) is 3.35. The number of ketones is 1. The van der Waals surface area contributed by atoms with Gasteiger partial charge in [-0.1, -0.05) is 13.8 Å². The van der Waals surface area contributed by atoms with Crippen molar-refractivity contribution in [3.63, 3.8) is 0 Å². The normalized spacial score (nSPS) is 18.8. The molecule has 20 heavy (non-hydrogen) atoms. The molecular formula is C16H22BrNO2. The molecule has 0 amide bonds. The minimum absolute atomic E-state index is 0.172. The fourth-order valence-electron chi connectivity index (χ4n) is 2.81. The van der Waals surface area contributed by atoms with Crippen LogP contribution in [0.1, 0.15) is 37.0 Å². The zero-order valence-corrected chi connectivity index (χ0v) is 14.0. The molecule has 0 unspecified atom stereocenters. The summed E-state index contributed by atoms with van der Waals surface area (Å²) in [6, 6.07) is 5.51. The number of ether oxygens (including phenoxy) is 1. The summed E-state index contributed by atoms with van der Waals surface area (Å²) in [7, 11) is 1.62. The SMILES string of the molecule is COc1ccc(C(=O)CN2CCCC(C)(C)C2)cc1Br. The zero-order valence-electron chi connectivity index (χ0n) is 12.4. The van der Waals surface area contributed by atoms with E-state index in [-0.39, 0.29) is 5.78 Å². The highest BCUT2D eigenvalue weighted by Gasteiger charge is 2.27. The smallest absolute Gasteiger partial charge is 0.176 e. The lowest BCUT2D eigenvalue weighted by molar-refractivity contribution is 0.0810. The molecule has 1 aromatic rings. The van der Waals surface area contributed by atoms with Crippen LogP contribution in [0.2, 0.25) is 0 Å². The number of likely N-dealkylation sites (tertiary alicyclic amines) is 1. The lowest BCUT2D eigenvalue weighted by atomic mass is 9.84. The summed E-state index contributed by atoms with van der Waals surface area (Å²) in [5, 5.41) is 0. The lowest BCUT2D eigenvalue weighted by Gasteiger charge is -2.37. The van der Waals surface area contributed by atoms with E-state index in [1.54, 1.807) is 7.11 Å². The predicted octanol–water partition coefficient (Wildman–Crippen LogP) is 3.76. The van der Waals surface area contributed by atoms with Crippen molar-refractivity contribution in [3.05, 3.63) is 28.2 Å². The number of hydrogen-bond acceptors (Lipinski definition) is 3. The standard InChI is InChI=1S/C16H22BrNO2/c1-16(2)7-4-8-18(11-16)10-14(19)12-5-6-15(20-3)13(17)9-12/h5-6,9H,4,7-8,10-11H2,1-3H3. The van der Waals surface area contributed by atoms with Gasteiger partial charge in [0.15, 0.2) is 5.78 Å². The number of piperidine rings is 1. The second kappa shape index (κ2) is 6.27. The van der Waals surface area contributed by atoms with Gasteiger partial charge in [-0.15, -0.1) is 0 Å². The van der Waals surface area contributed by atoms with E-state index in [0.29, 0.717) is 12.0 Å². The van der Waals surface area contributed by atoms with Gasteiger partial charge in [-0.05, 0) is 58.9 Å². The van der Waals surface area contributed by atoms with Crippen LogP contribution in [0.25, 0.3) is 0 Å². The summed E-state index contributed by atoms with van der Waals surface area (Å²) in [6.07, 6.45) is 2.42. The van der Waals surface area contributed by atoms with E-state index in [9.17, 15) is 4.79 Å².